The largest absolute Gasteiger partial charge is 0.478 e. The molecule has 1 aromatic heterocycles. The molecule has 14 heavy (non-hydrogen) atoms. The number of thiophene rings is 1. The van der Waals surface area contributed by atoms with E-state index < -0.39 is 5.97 Å². The van der Waals surface area contributed by atoms with Crippen molar-refractivity contribution < 1.29 is 9.90 Å². The van der Waals surface area contributed by atoms with Gasteiger partial charge >= 0.3 is 5.97 Å². The Morgan fingerprint density at radius 1 is 1.29 bits per heavy atom. The molecule has 0 aliphatic carbocycles. The van der Waals surface area contributed by atoms with E-state index in [9.17, 15) is 4.79 Å². The monoisotopic (exact) mass is 206 g/mol. The molecule has 0 aliphatic heterocycles. The van der Waals surface area contributed by atoms with Crippen molar-refractivity contribution in [3.63, 3.8) is 0 Å². The first-order valence-electron chi connectivity index (χ1n) is 4.31. The highest BCUT2D eigenvalue weighted by Crippen LogP contribution is 2.29. The van der Waals surface area contributed by atoms with Crippen molar-refractivity contribution in [2.24, 2.45) is 0 Å². The number of rotatable bonds is 1. The van der Waals surface area contributed by atoms with Crippen molar-refractivity contribution in [1.29, 1.82) is 0 Å². The molecule has 0 atom stereocenters. The zero-order chi connectivity index (χ0) is 10.3. The Balaban J connectivity index is 2.80. The second-order valence-electron chi connectivity index (χ2n) is 3.39. The van der Waals surface area contributed by atoms with Gasteiger partial charge in [-0.05, 0) is 47.9 Å². The van der Waals surface area contributed by atoms with E-state index in [0.29, 0.717) is 5.56 Å². The van der Waals surface area contributed by atoms with Gasteiger partial charge in [-0.25, -0.2) is 4.79 Å². The molecular formula is C11H10O2S. The molecule has 1 aromatic carbocycles. The van der Waals surface area contributed by atoms with Gasteiger partial charge in [0.2, 0.25) is 0 Å². The molecule has 2 aromatic rings. The van der Waals surface area contributed by atoms with Crippen LogP contribution >= 0.6 is 11.3 Å². The number of hydrogen-bond donors (Lipinski definition) is 1. The van der Waals surface area contributed by atoms with Crippen LogP contribution in [-0.2, 0) is 0 Å². The highest BCUT2D eigenvalue weighted by molar-refractivity contribution is 7.17. The maximum absolute atomic E-state index is 10.8. The van der Waals surface area contributed by atoms with Crippen molar-refractivity contribution >= 4 is 27.4 Å². The lowest BCUT2D eigenvalue weighted by Crippen LogP contribution is -1.96. The lowest BCUT2D eigenvalue weighted by molar-refractivity contribution is 0.0697. The predicted octanol–water partition coefficient (Wildman–Crippen LogP) is 3.22. The summed E-state index contributed by atoms with van der Waals surface area (Å²) in [7, 11) is 0. The number of carboxylic acid groups (broad SMARTS) is 1. The van der Waals surface area contributed by atoms with E-state index in [1.54, 1.807) is 23.5 Å². The van der Waals surface area contributed by atoms with Crippen LogP contribution in [-0.4, -0.2) is 11.1 Å². The van der Waals surface area contributed by atoms with Gasteiger partial charge in [-0.1, -0.05) is 0 Å². The van der Waals surface area contributed by atoms with E-state index in [2.05, 4.69) is 5.38 Å². The summed E-state index contributed by atoms with van der Waals surface area (Å²) in [5.41, 5.74) is 2.63. The van der Waals surface area contributed by atoms with Crippen molar-refractivity contribution in [2.45, 2.75) is 13.8 Å². The lowest BCUT2D eigenvalue weighted by Gasteiger charge is -2.00. The third-order valence-electron chi connectivity index (χ3n) is 2.30. The molecule has 0 saturated carbocycles. The Labute approximate surface area is 85.8 Å². The number of hydrogen-bond acceptors (Lipinski definition) is 2. The van der Waals surface area contributed by atoms with Crippen LogP contribution in [0.15, 0.2) is 17.5 Å². The zero-order valence-corrected chi connectivity index (χ0v) is 8.81. The molecule has 0 saturated heterocycles. The van der Waals surface area contributed by atoms with Crippen LogP contribution in [0.4, 0.5) is 0 Å². The Hall–Kier alpha value is -1.35. The van der Waals surface area contributed by atoms with Crippen molar-refractivity contribution in [2.75, 3.05) is 0 Å². The van der Waals surface area contributed by atoms with Crippen LogP contribution in [0.5, 0.6) is 0 Å². The smallest absolute Gasteiger partial charge is 0.335 e. The average Bonchev–Trinajstić information content (AvgIpc) is 2.48. The molecule has 3 heteroatoms. The molecule has 2 rings (SSSR count). The Morgan fingerprint density at radius 3 is 2.64 bits per heavy atom. The van der Waals surface area contributed by atoms with E-state index >= 15 is 0 Å². The number of aryl methyl sites for hydroxylation is 2. The second-order valence-corrected chi connectivity index (χ2v) is 4.30. The lowest BCUT2D eigenvalue weighted by atomic mass is 10.1. The molecule has 0 radical (unpaired) electrons. The first-order valence-corrected chi connectivity index (χ1v) is 5.19. The topological polar surface area (TPSA) is 37.3 Å². The van der Waals surface area contributed by atoms with Crippen LogP contribution in [0.1, 0.15) is 21.5 Å². The van der Waals surface area contributed by atoms with Crippen LogP contribution in [0.25, 0.3) is 10.1 Å². The van der Waals surface area contributed by atoms with Crippen molar-refractivity contribution in [3.8, 4) is 0 Å². The van der Waals surface area contributed by atoms with Crippen LogP contribution in [0.2, 0.25) is 0 Å². The van der Waals surface area contributed by atoms with E-state index in [0.717, 1.165) is 10.3 Å². The summed E-state index contributed by atoms with van der Waals surface area (Å²) in [6, 6.07) is 3.46. The summed E-state index contributed by atoms with van der Waals surface area (Å²) in [6.45, 7) is 4.00. The first-order chi connectivity index (χ1) is 6.59. The summed E-state index contributed by atoms with van der Waals surface area (Å²) >= 11 is 1.60. The number of fused-ring (bicyclic) bond motifs is 1. The van der Waals surface area contributed by atoms with Crippen molar-refractivity contribution in [1.82, 2.24) is 0 Å². The van der Waals surface area contributed by atoms with E-state index in [-0.39, 0.29) is 0 Å². The van der Waals surface area contributed by atoms with Gasteiger partial charge in [-0.3, -0.25) is 0 Å². The fourth-order valence-electron chi connectivity index (χ4n) is 1.69. The normalized spacial score (nSPS) is 10.7. The predicted molar refractivity (Wildman–Crippen MR) is 58.3 cm³/mol. The molecule has 0 fully saturated rings. The average molecular weight is 206 g/mol. The summed E-state index contributed by atoms with van der Waals surface area (Å²) < 4.78 is 1.06. The van der Waals surface area contributed by atoms with E-state index in [1.165, 1.54) is 10.9 Å². The maximum atomic E-state index is 10.8. The number of carbonyl (C=O) groups is 1. The highest BCUT2D eigenvalue weighted by atomic mass is 32.1. The maximum Gasteiger partial charge on any atom is 0.335 e. The highest BCUT2D eigenvalue weighted by Gasteiger charge is 2.09. The molecule has 0 spiro atoms. The fraction of sp³-hybridized carbons (Fsp3) is 0.182. The van der Waals surface area contributed by atoms with Crippen LogP contribution < -0.4 is 0 Å². The van der Waals surface area contributed by atoms with Gasteiger partial charge in [0, 0.05) is 4.70 Å². The van der Waals surface area contributed by atoms with Gasteiger partial charge in [0.15, 0.2) is 0 Å². The van der Waals surface area contributed by atoms with Crippen molar-refractivity contribution in [3.05, 3.63) is 34.2 Å². The molecular weight excluding hydrogens is 196 g/mol. The van der Waals surface area contributed by atoms with Crippen LogP contribution in [0.3, 0.4) is 0 Å². The number of carboxylic acids is 1. The first kappa shape index (κ1) is 9.21. The Bertz CT molecular complexity index is 511. The van der Waals surface area contributed by atoms with E-state index in [1.807, 2.05) is 13.8 Å². The molecule has 0 aliphatic rings. The Kier molecular flexibility index (Phi) is 2.04. The van der Waals surface area contributed by atoms with E-state index in [4.69, 9.17) is 5.11 Å². The number of benzene rings is 1. The summed E-state index contributed by atoms with van der Waals surface area (Å²) in [4.78, 5) is 10.8. The zero-order valence-electron chi connectivity index (χ0n) is 8.00. The Morgan fingerprint density at radius 2 is 2.00 bits per heavy atom. The van der Waals surface area contributed by atoms with Gasteiger partial charge < -0.3 is 5.11 Å². The van der Waals surface area contributed by atoms with Crippen LogP contribution in [0, 0.1) is 13.8 Å². The second kappa shape index (κ2) is 3.10. The molecule has 72 valence electrons. The third kappa shape index (κ3) is 1.30. The van der Waals surface area contributed by atoms with Gasteiger partial charge in [-0.2, -0.15) is 0 Å². The quantitative estimate of drug-likeness (QED) is 0.777. The molecule has 2 nitrogen and oxygen atoms in total. The molecule has 1 N–H and O–H groups in total. The van der Waals surface area contributed by atoms with Gasteiger partial charge in [0.1, 0.15) is 0 Å². The minimum atomic E-state index is -0.860. The fourth-order valence-corrected chi connectivity index (χ4v) is 2.74. The summed E-state index contributed by atoms with van der Waals surface area (Å²) in [5, 5.41) is 12.1. The summed E-state index contributed by atoms with van der Waals surface area (Å²) in [5.74, 6) is -0.860. The van der Waals surface area contributed by atoms with Gasteiger partial charge in [0.05, 0.1) is 5.56 Å². The SMILES string of the molecule is Cc1csc2cc(C(=O)O)cc(C)c12. The molecule has 0 bridgehead atoms. The minimum Gasteiger partial charge on any atom is -0.478 e. The minimum absolute atomic E-state index is 0.372. The number of aromatic carboxylic acids is 1. The van der Waals surface area contributed by atoms with Gasteiger partial charge in [0.25, 0.3) is 0 Å². The standard InChI is InChI=1S/C11H10O2S/c1-6-3-8(11(12)13)4-9-10(6)7(2)5-14-9/h3-5H,1-2H3,(H,12,13). The van der Waals surface area contributed by atoms with Gasteiger partial charge in [-0.15, -0.1) is 11.3 Å². The third-order valence-corrected chi connectivity index (χ3v) is 3.35. The molecule has 0 amide bonds. The molecule has 0 unspecified atom stereocenters. The summed E-state index contributed by atoms with van der Waals surface area (Å²) in [6.07, 6.45) is 0. The molecule has 1 heterocycles.